The largest absolute Gasteiger partial charge is 0.377 e. The molecule has 2 rings (SSSR count). The zero-order valence-electron chi connectivity index (χ0n) is 11.6. The van der Waals surface area contributed by atoms with E-state index in [1.807, 2.05) is 6.07 Å². The molecule has 3 unspecified atom stereocenters. The maximum Gasteiger partial charge on any atom is 0.130 e. The summed E-state index contributed by atoms with van der Waals surface area (Å²) in [6.07, 6.45) is -0.0107. The van der Waals surface area contributed by atoms with Crippen LogP contribution in [0.15, 0.2) is 18.2 Å². The maximum absolute atomic E-state index is 13.9. The Hall–Kier alpha value is -1.17. The van der Waals surface area contributed by atoms with Gasteiger partial charge in [-0.2, -0.15) is 0 Å². The molecule has 106 valence electrons. The van der Waals surface area contributed by atoms with Crippen LogP contribution in [0.1, 0.15) is 18.5 Å². The highest BCUT2D eigenvalue weighted by atomic mass is 19.1. The molecule has 19 heavy (non-hydrogen) atoms. The zero-order valence-corrected chi connectivity index (χ0v) is 11.6. The molecule has 5 heteroatoms. The third kappa shape index (κ3) is 2.73. The molecule has 1 fully saturated rings. The van der Waals surface area contributed by atoms with Crippen molar-refractivity contribution in [2.24, 2.45) is 5.73 Å². The lowest BCUT2D eigenvalue weighted by molar-refractivity contribution is -0.00461. The molecule has 2 N–H and O–H groups in total. The molecule has 1 aliphatic rings. The van der Waals surface area contributed by atoms with Gasteiger partial charge in [-0.3, -0.25) is 0 Å². The summed E-state index contributed by atoms with van der Waals surface area (Å²) in [5.41, 5.74) is 7.27. The van der Waals surface area contributed by atoms with Crippen LogP contribution in [-0.2, 0) is 9.47 Å². The van der Waals surface area contributed by atoms with E-state index in [9.17, 15) is 4.39 Å². The number of nitrogens with zero attached hydrogens (tertiary/aromatic N) is 1. The average molecular weight is 268 g/mol. The van der Waals surface area contributed by atoms with E-state index in [0.717, 1.165) is 5.69 Å². The lowest BCUT2D eigenvalue weighted by Crippen LogP contribution is -2.27. The van der Waals surface area contributed by atoms with Gasteiger partial charge in [0, 0.05) is 44.6 Å². The van der Waals surface area contributed by atoms with Crippen molar-refractivity contribution in [2.75, 3.05) is 32.2 Å². The van der Waals surface area contributed by atoms with Crippen molar-refractivity contribution in [2.45, 2.75) is 25.2 Å². The molecule has 1 heterocycles. The number of benzene rings is 1. The summed E-state index contributed by atoms with van der Waals surface area (Å²) < 4.78 is 24.8. The third-order valence-corrected chi connectivity index (χ3v) is 3.65. The number of hydrogen-bond acceptors (Lipinski definition) is 4. The van der Waals surface area contributed by atoms with Gasteiger partial charge in [-0.25, -0.2) is 4.39 Å². The van der Waals surface area contributed by atoms with Gasteiger partial charge in [-0.15, -0.1) is 0 Å². The van der Waals surface area contributed by atoms with Crippen LogP contribution in [0.25, 0.3) is 0 Å². The number of rotatable bonds is 4. The lowest BCUT2D eigenvalue weighted by Gasteiger charge is -2.23. The zero-order chi connectivity index (χ0) is 14.0. The van der Waals surface area contributed by atoms with Crippen molar-refractivity contribution < 1.29 is 13.9 Å². The molecule has 1 saturated heterocycles. The Kier molecular flexibility index (Phi) is 4.39. The number of ether oxygens (including phenoxy) is 2. The molecule has 4 nitrogen and oxygen atoms in total. The van der Waals surface area contributed by atoms with Gasteiger partial charge in [-0.1, -0.05) is 6.07 Å². The Balaban J connectivity index is 2.31. The van der Waals surface area contributed by atoms with E-state index in [0.29, 0.717) is 18.7 Å². The molecular weight excluding hydrogens is 247 g/mol. The van der Waals surface area contributed by atoms with Crippen molar-refractivity contribution in [3.05, 3.63) is 29.6 Å². The Bertz CT molecular complexity index is 427. The summed E-state index contributed by atoms with van der Waals surface area (Å²) in [6.45, 7) is 3.15. The average Bonchev–Trinajstić information content (AvgIpc) is 2.81. The highest BCUT2D eigenvalue weighted by Gasteiger charge is 2.34. The van der Waals surface area contributed by atoms with Crippen molar-refractivity contribution in [3.8, 4) is 0 Å². The summed E-state index contributed by atoms with van der Waals surface area (Å²) >= 11 is 0. The van der Waals surface area contributed by atoms with Crippen LogP contribution in [0.3, 0.4) is 0 Å². The van der Waals surface area contributed by atoms with Gasteiger partial charge in [-0.05, 0) is 19.1 Å². The summed E-state index contributed by atoms with van der Waals surface area (Å²) in [5, 5.41) is 0. The third-order valence-electron chi connectivity index (χ3n) is 3.65. The van der Waals surface area contributed by atoms with Crippen molar-refractivity contribution in [1.29, 1.82) is 0 Å². The maximum atomic E-state index is 13.9. The minimum atomic E-state index is -0.348. The molecule has 0 spiro atoms. The molecule has 0 radical (unpaired) electrons. The fourth-order valence-electron chi connectivity index (χ4n) is 2.65. The smallest absolute Gasteiger partial charge is 0.130 e. The van der Waals surface area contributed by atoms with Crippen LogP contribution in [-0.4, -0.2) is 39.5 Å². The van der Waals surface area contributed by atoms with Gasteiger partial charge in [0.05, 0.1) is 0 Å². The Labute approximate surface area is 113 Å². The first-order valence-corrected chi connectivity index (χ1v) is 6.43. The number of methoxy groups -OCH3 is 2. The van der Waals surface area contributed by atoms with Gasteiger partial charge >= 0.3 is 0 Å². The molecule has 0 bridgehead atoms. The predicted molar refractivity (Wildman–Crippen MR) is 72.8 cm³/mol. The van der Waals surface area contributed by atoms with Crippen LogP contribution in [0.5, 0.6) is 0 Å². The first-order valence-electron chi connectivity index (χ1n) is 6.43. The number of hydrogen-bond donors (Lipinski definition) is 1. The Morgan fingerprint density at radius 1 is 1.26 bits per heavy atom. The first-order chi connectivity index (χ1) is 9.08. The van der Waals surface area contributed by atoms with E-state index in [-0.39, 0.29) is 24.1 Å². The summed E-state index contributed by atoms with van der Waals surface area (Å²) in [5.74, 6) is -0.262. The van der Waals surface area contributed by atoms with E-state index in [4.69, 9.17) is 15.2 Å². The van der Waals surface area contributed by atoms with Crippen molar-refractivity contribution in [3.63, 3.8) is 0 Å². The fourth-order valence-corrected chi connectivity index (χ4v) is 2.65. The van der Waals surface area contributed by atoms with Gasteiger partial charge in [0.25, 0.3) is 0 Å². The normalized spacial score (nSPS) is 24.8. The fraction of sp³-hybridized carbons (Fsp3) is 0.571. The van der Waals surface area contributed by atoms with Crippen LogP contribution in [0.4, 0.5) is 10.1 Å². The first kappa shape index (κ1) is 14.2. The standard InChI is InChI=1S/C14H21FN2O2/c1-9(16)14-10(15)5-4-6-11(14)17-7-12(18-2)13(8-17)19-3/h4-6,9,12-13H,7-8,16H2,1-3H3. The van der Waals surface area contributed by atoms with Gasteiger partial charge in [0.15, 0.2) is 0 Å². The molecule has 0 aliphatic carbocycles. The van der Waals surface area contributed by atoms with E-state index < -0.39 is 0 Å². The van der Waals surface area contributed by atoms with Gasteiger partial charge in [0.2, 0.25) is 0 Å². The minimum Gasteiger partial charge on any atom is -0.377 e. The van der Waals surface area contributed by atoms with E-state index >= 15 is 0 Å². The number of anilines is 1. The monoisotopic (exact) mass is 268 g/mol. The SMILES string of the molecule is COC1CN(c2cccc(F)c2C(C)N)CC1OC. The lowest BCUT2D eigenvalue weighted by atomic mass is 10.1. The van der Waals surface area contributed by atoms with Gasteiger partial charge < -0.3 is 20.1 Å². The molecule has 1 aromatic rings. The summed E-state index contributed by atoms with van der Waals surface area (Å²) in [7, 11) is 3.33. The Morgan fingerprint density at radius 2 is 1.84 bits per heavy atom. The minimum absolute atomic E-state index is 0.00537. The molecule has 3 atom stereocenters. The highest BCUT2D eigenvalue weighted by Crippen LogP contribution is 2.31. The molecule has 1 aromatic carbocycles. The highest BCUT2D eigenvalue weighted by molar-refractivity contribution is 5.56. The van der Waals surface area contributed by atoms with Crippen LogP contribution in [0.2, 0.25) is 0 Å². The van der Waals surface area contributed by atoms with Crippen molar-refractivity contribution >= 4 is 5.69 Å². The molecule has 1 aliphatic heterocycles. The van der Waals surface area contributed by atoms with Crippen LogP contribution < -0.4 is 10.6 Å². The van der Waals surface area contributed by atoms with E-state index in [2.05, 4.69) is 4.90 Å². The quantitative estimate of drug-likeness (QED) is 0.903. The molecule has 0 amide bonds. The second-order valence-corrected chi connectivity index (χ2v) is 4.91. The predicted octanol–water partition coefficient (Wildman–Crippen LogP) is 1.70. The van der Waals surface area contributed by atoms with Crippen molar-refractivity contribution in [1.82, 2.24) is 0 Å². The topological polar surface area (TPSA) is 47.7 Å². The van der Waals surface area contributed by atoms with Crippen LogP contribution in [0, 0.1) is 5.82 Å². The number of halogens is 1. The summed E-state index contributed by atoms with van der Waals surface area (Å²) in [4.78, 5) is 2.07. The van der Waals surface area contributed by atoms with Crippen LogP contribution >= 0.6 is 0 Å². The Morgan fingerprint density at radius 3 is 2.32 bits per heavy atom. The molecule has 0 saturated carbocycles. The summed E-state index contributed by atoms with van der Waals surface area (Å²) in [6, 6.07) is 4.70. The van der Waals surface area contributed by atoms with Gasteiger partial charge in [0.1, 0.15) is 18.0 Å². The molecule has 0 aromatic heterocycles. The number of nitrogens with two attached hydrogens (primary N) is 1. The second kappa shape index (κ2) is 5.86. The second-order valence-electron chi connectivity index (χ2n) is 4.91. The van der Waals surface area contributed by atoms with E-state index in [1.54, 1.807) is 27.2 Å². The molecular formula is C14H21FN2O2. The van der Waals surface area contributed by atoms with E-state index in [1.165, 1.54) is 6.07 Å².